The standard InChI is InChI=1S/C21H37N3O4/c1-20(2,15-6-10-27-11-7-15)17(22)14-18(25)23-19(26)21(3,4)24(5)16-8-12-28-13-9-16/h14-16H,6-13,22H2,1-5H3,(H,23,25,26). The number of nitrogens with one attached hydrogen (secondary N) is 1. The van der Waals surface area contributed by atoms with E-state index < -0.39 is 11.4 Å². The molecule has 2 aliphatic rings. The molecule has 0 aromatic heterocycles. The van der Waals surface area contributed by atoms with E-state index >= 15 is 0 Å². The Balaban J connectivity index is 1.99. The Hall–Kier alpha value is -1.44. The average Bonchev–Trinajstić information content (AvgIpc) is 2.68. The van der Waals surface area contributed by atoms with Crippen LogP contribution in [0.2, 0.25) is 0 Å². The second-order valence-electron chi connectivity index (χ2n) is 9.04. The van der Waals surface area contributed by atoms with E-state index in [0.29, 0.717) is 24.8 Å². The van der Waals surface area contributed by atoms with Crippen LogP contribution in [-0.2, 0) is 19.1 Å². The third-order valence-corrected chi connectivity index (χ3v) is 6.69. The molecule has 0 unspecified atom stereocenters. The number of allylic oxidation sites excluding steroid dienone is 1. The highest BCUT2D eigenvalue weighted by Gasteiger charge is 2.38. The van der Waals surface area contributed by atoms with E-state index in [1.165, 1.54) is 6.08 Å². The van der Waals surface area contributed by atoms with Crippen LogP contribution in [0.5, 0.6) is 0 Å². The Labute approximate surface area is 169 Å². The summed E-state index contributed by atoms with van der Waals surface area (Å²) in [5.41, 5.74) is 5.64. The molecular formula is C21H37N3O4. The van der Waals surface area contributed by atoms with Gasteiger partial charge in [-0.05, 0) is 52.5 Å². The largest absolute Gasteiger partial charge is 0.401 e. The minimum absolute atomic E-state index is 0.262. The van der Waals surface area contributed by atoms with Crippen molar-refractivity contribution < 1.29 is 19.1 Å². The molecule has 0 aromatic rings. The summed E-state index contributed by atoms with van der Waals surface area (Å²) >= 11 is 0. The first-order chi connectivity index (χ1) is 13.1. The Morgan fingerprint density at radius 3 is 2.04 bits per heavy atom. The predicted octanol–water partition coefficient (Wildman–Crippen LogP) is 1.81. The van der Waals surface area contributed by atoms with E-state index in [2.05, 4.69) is 5.32 Å². The molecule has 0 radical (unpaired) electrons. The molecule has 2 rings (SSSR count). The Kier molecular flexibility index (Phi) is 7.65. The lowest BCUT2D eigenvalue weighted by atomic mass is 9.72. The Bertz CT molecular complexity index is 588. The van der Waals surface area contributed by atoms with Crippen LogP contribution in [0.25, 0.3) is 0 Å². The summed E-state index contributed by atoms with van der Waals surface area (Å²) in [4.78, 5) is 27.3. The van der Waals surface area contributed by atoms with Crippen LogP contribution >= 0.6 is 0 Å². The van der Waals surface area contributed by atoms with E-state index in [0.717, 1.165) is 38.9 Å². The molecule has 0 bridgehead atoms. The number of nitrogens with two attached hydrogens (primary N) is 1. The number of likely N-dealkylation sites (N-methyl/N-ethyl adjacent to an activating group) is 1. The van der Waals surface area contributed by atoms with Crippen molar-refractivity contribution in [2.45, 2.75) is 65.0 Å². The SMILES string of the molecule is CN(C1CCOCC1)C(C)(C)C(=O)NC(=O)C=C(N)C(C)(C)C1CCOCC1. The fourth-order valence-corrected chi connectivity index (χ4v) is 3.97. The topological polar surface area (TPSA) is 93.9 Å². The van der Waals surface area contributed by atoms with Gasteiger partial charge in [0.05, 0.1) is 5.54 Å². The highest BCUT2D eigenvalue weighted by Crippen LogP contribution is 2.38. The van der Waals surface area contributed by atoms with Gasteiger partial charge in [0, 0.05) is 49.7 Å². The number of imide groups is 1. The van der Waals surface area contributed by atoms with Crippen molar-refractivity contribution in [1.82, 2.24) is 10.2 Å². The van der Waals surface area contributed by atoms with Crippen LogP contribution in [0.1, 0.15) is 53.4 Å². The first-order valence-electron chi connectivity index (χ1n) is 10.3. The van der Waals surface area contributed by atoms with Crippen molar-refractivity contribution in [3.05, 3.63) is 11.8 Å². The minimum atomic E-state index is -0.809. The maximum Gasteiger partial charge on any atom is 0.252 e. The molecular weight excluding hydrogens is 358 g/mol. The molecule has 0 spiro atoms. The molecule has 2 saturated heterocycles. The van der Waals surface area contributed by atoms with Gasteiger partial charge in [-0.15, -0.1) is 0 Å². The number of carbonyl (C=O) groups excluding carboxylic acids is 2. The van der Waals surface area contributed by atoms with E-state index in [-0.39, 0.29) is 17.4 Å². The van der Waals surface area contributed by atoms with Crippen molar-refractivity contribution in [2.24, 2.45) is 17.1 Å². The molecule has 2 aliphatic heterocycles. The summed E-state index contributed by atoms with van der Waals surface area (Å²) in [5.74, 6) is -0.424. The zero-order chi connectivity index (χ0) is 20.9. The van der Waals surface area contributed by atoms with Crippen LogP contribution in [-0.4, -0.2) is 61.8 Å². The quantitative estimate of drug-likeness (QED) is 0.666. The molecule has 0 atom stereocenters. The second kappa shape index (κ2) is 9.37. The molecule has 0 saturated carbocycles. The number of hydrogen-bond acceptors (Lipinski definition) is 6. The predicted molar refractivity (Wildman–Crippen MR) is 108 cm³/mol. The van der Waals surface area contributed by atoms with Crippen LogP contribution < -0.4 is 11.1 Å². The third kappa shape index (κ3) is 5.33. The summed E-state index contributed by atoms with van der Waals surface area (Å²) < 4.78 is 10.8. The molecule has 7 heteroatoms. The zero-order valence-electron chi connectivity index (χ0n) is 18.0. The molecule has 7 nitrogen and oxygen atoms in total. The first-order valence-corrected chi connectivity index (χ1v) is 10.3. The van der Waals surface area contributed by atoms with Crippen molar-refractivity contribution >= 4 is 11.8 Å². The summed E-state index contributed by atoms with van der Waals surface area (Å²) in [6, 6.07) is 0.262. The van der Waals surface area contributed by atoms with Gasteiger partial charge in [-0.2, -0.15) is 0 Å². The van der Waals surface area contributed by atoms with Crippen LogP contribution in [0, 0.1) is 11.3 Å². The van der Waals surface area contributed by atoms with Crippen LogP contribution in [0.4, 0.5) is 0 Å². The monoisotopic (exact) mass is 395 g/mol. The minimum Gasteiger partial charge on any atom is -0.401 e. The zero-order valence-corrected chi connectivity index (χ0v) is 18.0. The number of hydrogen-bond donors (Lipinski definition) is 2. The highest BCUT2D eigenvalue weighted by molar-refractivity contribution is 6.04. The molecule has 0 aromatic carbocycles. The molecule has 28 heavy (non-hydrogen) atoms. The summed E-state index contributed by atoms with van der Waals surface area (Å²) in [5, 5.41) is 2.51. The van der Waals surface area contributed by atoms with E-state index in [1.54, 1.807) is 0 Å². The molecule has 3 N–H and O–H groups in total. The highest BCUT2D eigenvalue weighted by atomic mass is 16.5. The van der Waals surface area contributed by atoms with Gasteiger partial charge in [0.25, 0.3) is 5.91 Å². The van der Waals surface area contributed by atoms with Gasteiger partial charge >= 0.3 is 0 Å². The molecule has 160 valence electrons. The number of amides is 2. The molecule has 0 aliphatic carbocycles. The Morgan fingerprint density at radius 1 is 1.00 bits per heavy atom. The Morgan fingerprint density at radius 2 is 1.50 bits per heavy atom. The van der Waals surface area contributed by atoms with Crippen LogP contribution in [0.3, 0.4) is 0 Å². The van der Waals surface area contributed by atoms with Crippen LogP contribution in [0.15, 0.2) is 11.8 Å². The van der Waals surface area contributed by atoms with Gasteiger partial charge in [-0.3, -0.25) is 19.8 Å². The smallest absolute Gasteiger partial charge is 0.252 e. The van der Waals surface area contributed by atoms with Crippen molar-refractivity contribution in [2.75, 3.05) is 33.5 Å². The summed E-state index contributed by atoms with van der Waals surface area (Å²) in [6.07, 6.45) is 4.98. The van der Waals surface area contributed by atoms with Crippen molar-refractivity contribution in [1.29, 1.82) is 0 Å². The van der Waals surface area contributed by atoms with Gasteiger partial charge in [0.15, 0.2) is 0 Å². The normalized spacial score (nSPS) is 21.0. The third-order valence-electron chi connectivity index (χ3n) is 6.69. The molecule has 2 fully saturated rings. The second-order valence-corrected chi connectivity index (χ2v) is 9.04. The first kappa shape index (κ1) is 22.8. The maximum absolute atomic E-state index is 12.8. The number of ether oxygens (including phenoxy) is 2. The fourth-order valence-electron chi connectivity index (χ4n) is 3.97. The number of rotatable bonds is 6. The van der Waals surface area contributed by atoms with E-state index in [9.17, 15) is 9.59 Å². The van der Waals surface area contributed by atoms with Gasteiger partial charge in [-0.25, -0.2) is 0 Å². The lowest BCUT2D eigenvalue weighted by Gasteiger charge is -2.41. The average molecular weight is 396 g/mol. The van der Waals surface area contributed by atoms with Crippen molar-refractivity contribution in [3.8, 4) is 0 Å². The number of carbonyl (C=O) groups is 2. The molecule has 2 heterocycles. The number of nitrogens with zero attached hydrogens (tertiary/aromatic N) is 1. The summed E-state index contributed by atoms with van der Waals surface area (Å²) in [7, 11) is 1.93. The molecule has 2 amide bonds. The van der Waals surface area contributed by atoms with Crippen molar-refractivity contribution in [3.63, 3.8) is 0 Å². The summed E-state index contributed by atoms with van der Waals surface area (Å²) in [6.45, 7) is 10.6. The lowest BCUT2D eigenvalue weighted by molar-refractivity contribution is -0.137. The fraction of sp³-hybridized carbons (Fsp3) is 0.810. The van der Waals surface area contributed by atoms with E-state index in [4.69, 9.17) is 15.2 Å². The lowest BCUT2D eigenvalue weighted by Crippen LogP contribution is -2.58. The van der Waals surface area contributed by atoms with Gasteiger partial charge in [0.1, 0.15) is 0 Å². The van der Waals surface area contributed by atoms with Gasteiger partial charge in [-0.1, -0.05) is 13.8 Å². The van der Waals surface area contributed by atoms with Gasteiger partial charge < -0.3 is 15.2 Å². The van der Waals surface area contributed by atoms with E-state index in [1.807, 2.05) is 39.6 Å². The van der Waals surface area contributed by atoms with Gasteiger partial charge in [0.2, 0.25) is 5.91 Å². The maximum atomic E-state index is 12.8.